The van der Waals surface area contributed by atoms with Crippen molar-refractivity contribution in [2.24, 2.45) is 0 Å². The molecule has 1 aliphatic rings. The van der Waals surface area contributed by atoms with Gasteiger partial charge in [-0.05, 0) is 79.0 Å². The van der Waals surface area contributed by atoms with Crippen LogP contribution in [0.25, 0.3) is 0 Å². The summed E-state index contributed by atoms with van der Waals surface area (Å²) in [6, 6.07) is 12.5. The highest BCUT2D eigenvalue weighted by Crippen LogP contribution is 2.51. The van der Waals surface area contributed by atoms with Crippen molar-refractivity contribution in [3.8, 4) is 5.75 Å². The van der Waals surface area contributed by atoms with Gasteiger partial charge < -0.3 is 15.0 Å². The van der Waals surface area contributed by atoms with Gasteiger partial charge in [-0.3, -0.25) is 4.79 Å². The van der Waals surface area contributed by atoms with Crippen LogP contribution in [0, 0.1) is 12.7 Å². The summed E-state index contributed by atoms with van der Waals surface area (Å²) in [5.74, 6) is 0.941. The Morgan fingerprint density at radius 3 is 2.70 bits per heavy atom. The van der Waals surface area contributed by atoms with Crippen molar-refractivity contribution in [3.05, 3.63) is 59.4 Å². The van der Waals surface area contributed by atoms with E-state index in [2.05, 4.69) is 44.0 Å². The SMILES string of the molecule is B[C@]1(CCC)CCN(CCCOc2ccc(F)cc2)C[C@H]1c1cccc(NC(=O)CC)c1C. The van der Waals surface area contributed by atoms with Crippen molar-refractivity contribution >= 4 is 19.4 Å². The van der Waals surface area contributed by atoms with Crippen LogP contribution in [0.4, 0.5) is 10.1 Å². The number of piperidine rings is 1. The molecule has 0 aliphatic carbocycles. The molecule has 1 N–H and O–H groups in total. The van der Waals surface area contributed by atoms with E-state index in [0.29, 0.717) is 24.7 Å². The predicted molar refractivity (Wildman–Crippen MR) is 137 cm³/mol. The first kappa shape index (κ1) is 25.3. The molecule has 1 amide bonds. The zero-order chi connectivity index (χ0) is 23.8. The largest absolute Gasteiger partial charge is 0.494 e. The number of halogens is 1. The number of benzene rings is 2. The van der Waals surface area contributed by atoms with Gasteiger partial charge in [0.05, 0.1) is 6.61 Å². The van der Waals surface area contributed by atoms with E-state index in [1.807, 2.05) is 13.0 Å². The number of carbonyl (C=O) groups excluding carboxylic acids is 1. The Balaban J connectivity index is 1.68. The minimum absolute atomic E-state index is 0.0537. The number of hydrogen-bond donors (Lipinski definition) is 1. The van der Waals surface area contributed by atoms with Crippen LogP contribution in [0.5, 0.6) is 5.75 Å². The fourth-order valence-electron chi connectivity index (χ4n) is 5.12. The first-order chi connectivity index (χ1) is 15.9. The monoisotopic (exact) mass is 452 g/mol. The lowest BCUT2D eigenvalue weighted by Gasteiger charge is -2.47. The average Bonchev–Trinajstić information content (AvgIpc) is 2.80. The third-order valence-electron chi connectivity index (χ3n) is 7.15. The maximum Gasteiger partial charge on any atom is 0.224 e. The molecular formula is C27H38BFN2O2. The Bertz CT molecular complexity index is 921. The molecule has 1 fully saturated rings. The molecule has 0 saturated carbocycles. The molecule has 0 aromatic heterocycles. The molecule has 1 aliphatic heterocycles. The second-order valence-electron chi connectivity index (χ2n) is 9.58. The number of ether oxygens (including phenoxy) is 1. The maximum atomic E-state index is 13.1. The summed E-state index contributed by atoms with van der Waals surface area (Å²) in [5, 5.41) is 3.32. The number of rotatable bonds is 10. The van der Waals surface area contributed by atoms with Crippen LogP contribution in [0.15, 0.2) is 42.5 Å². The van der Waals surface area contributed by atoms with Crippen LogP contribution in [-0.2, 0) is 4.79 Å². The molecule has 4 nitrogen and oxygen atoms in total. The highest BCUT2D eigenvalue weighted by molar-refractivity contribution is 6.16. The van der Waals surface area contributed by atoms with E-state index in [9.17, 15) is 9.18 Å². The number of likely N-dealkylation sites (tertiary alicyclic amines) is 1. The summed E-state index contributed by atoms with van der Waals surface area (Å²) in [7, 11) is 2.44. The summed E-state index contributed by atoms with van der Waals surface area (Å²) in [4.78, 5) is 14.6. The molecule has 0 unspecified atom stereocenters. The topological polar surface area (TPSA) is 41.6 Å². The van der Waals surface area contributed by atoms with Crippen molar-refractivity contribution in [1.29, 1.82) is 0 Å². The summed E-state index contributed by atoms with van der Waals surface area (Å²) in [6.07, 6.45) is 4.94. The number of hydrogen-bond acceptors (Lipinski definition) is 3. The third-order valence-corrected chi connectivity index (χ3v) is 7.15. The Kier molecular flexibility index (Phi) is 8.96. The highest BCUT2D eigenvalue weighted by Gasteiger charge is 2.39. The number of nitrogens with zero attached hydrogens (tertiary/aromatic N) is 1. The molecule has 0 spiro atoms. The second kappa shape index (κ2) is 11.7. The summed E-state index contributed by atoms with van der Waals surface area (Å²) >= 11 is 0. The van der Waals surface area contributed by atoms with E-state index < -0.39 is 0 Å². The van der Waals surface area contributed by atoms with Crippen LogP contribution >= 0.6 is 0 Å². The minimum atomic E-state index is -0.245. The van der Waals surface area contributed by atoms with Crippen LogP contribution in [0.3, 0.4) is 0 Å². The average molecular weight is 452 g/mol. The highest BCUT2D eigenvalue weighted by atomic mass is 19.1. The van der Waals surface area contributed by atoms with Gasteiger partial charge in [0.2, 0.25) is 5.91 Å². The fourth-order valence-corrected chi connectivity index (χ4v) is 5.12. The smallest absolute Gasteiger partial charge is 0.224 e. The van der Waals surface area contributed by atoms with Crippen molar-refractivity contribution in [1.82, 2.24) is 4.90 Å². The lowest BCUT2D eigenvalue weighted by Crippen LogP contribution is -2.43. The molecule has 2 aromatic carbocycles. The standard InChI is InChI=1S/C27H38BFN2O2/c1-4-14-27(28)15-17-31(16-7-18-33-22-12-10-21(29)11-13-22)19-24(27)23-8-6-9-25(20(23)3)30-26(32)5-2/h6,8-13,24H,4-5,7,14-19,28H2,1-3H3,(H,30,32)/t24-,27+/m0/s1. The predicted octanol–water partition coefficient (Wildman–Crippen LogP) is 5.33. The van der Waals surface area contributed by atoms with Gasteiger partial charge in [-0.1, -0.05) is 38.8 Å². The quantitative estimate of drug-likeness (QED) is 0.391. The molecule has 1 heterocycles. The Morgan fingerprint density at radius 1 is 1.24 bits per heavy atom. The molecule has 0 bridgehead atoms. The number of anilines is 1. The fraction of sp³-hybridized carbons (Fsp3) is 0.519. The van der Waals surface area contributed by atoms with E-state index in [1.54, 1.807) is 12.1 Å². The van der Waals surface area contributed by atoms with Gasteiger partial charge in [-0.15, -0.1) is 0 Å². The van der Waals surface area contributed by atoms with Crippen molar-refractivity contribution in [2.45, 2.75) is 64.1 Å². The Morgan fingerprint density at radius 2 is 2.00 bits per heavy atom. The Hall–Kier alpha value is -2.34. The first-order valence-corrected chi connectivity index (χ1v) is 12.4. The van der Waals surface area contributed by atoms with E-state index in [1.165, 1.54) is 36.1 Å². The van der Waals surface area contributed by atoms with Gasteiger partial charge in [-0.25, -0.2) is 4.39 Å². The van der Waals surface area contributed by atoms with Crippen molar-refractivity contribution < 1.29 is 13.9 Å². The second-order valence-corrected chi connectivity index (χ2v) is 9.58. The van der Waals surface area contributed by atoms with Gasteiger partial charge in [-0.2, -0.15) is 0 Å². The van der Waals surface area contributed by atoms with E-state index in [-0.39, 0.29) is 17.0 Å². The first-order valence-electron chi connectivity index (χ1n) is 12.4. The molecule has 178 valence electrons. The molecule has 1 saturated heterocycles. The van der Waals surface area contributed by atoms with Crippen LogP contribution < -0.4 is 10.1 Å². The maximum absolute atomic E-state index is 13.1. The van der Waals surface area contributed by atoms with Crippen molar-refractivity contribution in [3.63, 3.8) is 0 Å². The van der Waals surface area contributed by atoms with Crippen molar-refractivity contribution in [2.75, 3.05) is 31.6 Å². The molecule has 2 aromatic rings. The number of nitrogens with one attached hydrogen (secondary N) is 1. The van der Waals surface area contributed by atoms with Gasteiger partial charge >= 0.3 is 0 Å². The Labute approximate surface area is 199 Å². The molecule has 33 heavy (non-hydrogen) atoms. The summed E-state index contributed by atoms with van der Waals surface area (Å²) in [6.45, 7) is 10.00. The zero-order valence-corrected chi connectivity index (χ0v) is 20.6. The number of carbonyl (C=O) groups is 1. The van der Waals surface area contributed by atoms with Gasteiger partial charge in [0.25, 0.3) is 0 Å². The van der Waals surface area contributed by atoms with E-state index in [4.69, 9.17) is 4.74 Å². The van der Waals surface area contributed by atoms with Gasteiger partial charge in [0, 0.05) is 25.2 Å². The third kappa shape index (κ3) is 6.60. The lowest BCUT2D eigenvalue weighted by atomic mass is 9.53. The number of amides is 1. The zero-order valence-electron chi connectivity index (χ0n) is 20.6. The molecule has 3 rings (SSSR count). The van der Waals surface area contributed by atoms with Gasteiger partial charge in [0.15, 0.2) is 0 Å². The molecule has 2 atom stereocenters. The van der Waals surface area contributed by atoms with Crippen LogP contribution in [-0.4, -0.2) is 44.9 Å². The summed E-state index contributed by atoms with van der Waals surface area (Å²) < 4.78 is 18.9. The molecule has 0 radical (unpaired) electrons. The summed E-state index contributed by atoms with van der Waals surface area (Å²) in [5.41, 5.74) is 3.48. The van der Waals surface area contributed by atoms with E-state index >= 15 is 0 Å². The van der Waals surface area contributed by atoms with Gasteiger partial charge in [0.1, 0.15) is 19.4 Å². The molecular weight excluding hydrogens is 414 g/mol. The lowest BCUT2D eigenvalue weighted by molar-refractivity contribution is -0.115. The normalized spacial score (nSPS) is 21.0. The van der Waals surface area contributed by atoms with Crippen LogP contribution in [0.1, 0.15) is 63.0 Å². The minimum Gasteiger partial charge on any atom is -0.494 e. The van der Waals surface area contributed by atoms with Crippen LogP contribution in [0.2, 0.25) is 5.31 Å². The molecule has 6 heteroatoms. The van der Waals surface area contributed by atoms with E-state index in [0.717, 1.165) is 38.2 Å².